The van der Waals surface area contributed by atoms with Gasteiger partial charge in [-0.1, -0.05) is 34.9 Å². The van der Waals surface area contributed by atoms with Crippen molar-refractivity contribution < 1.29 is 4.57 Å². The van der Waals surface area contributed by atoms with Crippen LogP contribution in [0.5, 0.6) is 0 Å². The number of rotatable bonds is 3. The van der Waals surface area contributed by atoms with Gasteiger partial charge in [-0.3, -0.25) is 0 Å². The summed E-state index contributed by atoms with van der Waals surface area (Å²) >= 11 is 5.35. The SMILES string of the molecule is CC1=CSC(=CC(=Cc2scc(C)[n+]2C)/C=C2/SC=C(C)N2C)N1C. The predicted octanol–water partition coefficient (Wildman–Crippen LogP) is 5.03. The minimum absolute atomic E-state index is 1.22. The summed E-state index contributed by atoms with van der Waals surface area (Å²) in [5.74, 6) is 0. The molecule has 1 aromatic heterocycles. The maximum Gasteiger partial charge on any atom is 0.262 e. The van der Waals surface area contributed by atoms with Crippen LogP contribution in [-0.2, 0) is 7.05 Å². The summed E-state index contributed by atoms with van der Waals surface area (Å²) < 4.78 is 2.24. The first-order chi connectivity index (χ1) is 11.9. The van der Waals surface area contributed by atoms with Crippen LogP contribution in [0, 0.1) is 6.92 Å². The van der Waals surface area contributed by atoms with Gasteiger partial charge in [-0.2, -0.15) is 4.57 Å². The van der Waals surface area contributed by atoms with Crippen LogP contribution in [0.1, 0.15) is 24.5 Å². The van der Waals surface area contributed by atoms with Crippen LogP contribution in [-0.4, -0.2) is 23.9 Å². The van der Waals surface area contributed by atoms with E-state index in [0.29, 0.717) is 0 Å². The normalized spacial score (nSPS) is 21.6. The van der Waals surface area contributed by atoms with Gasteiger partial charge in [0.1, 0.15) is 7.05 Å². The van der Waals surface area contributed by atoms with Crippen LogP contribution in [0.15, 0.2) is 55.4 Å². The van der Waals surface area contributed by atoms with Crippen LogP contribution < -0.4 is 4.57 Å². The second-order valence-corrected chi connectivity index (χ2v) is 8.93. The first-order valence-electron chi connectivity index (χ1n) is 8.10. The van der Waals surface area contributed by atoms with Crippen LogP contribution in [0.3, 0.4) is 0 Å². The van der Waals surface area contributed by atoms with Gasteiger partial charge in [-0.15, -0.1) is 0 Å². The summed E-state index contributed by atoms with van der Waals surface area (Å²) in [6.07, 6.45) is 6.84. The highest BCUT2D eigenvalue weighted by Gasteiger charge is 2.18. The molecule has 2 aliphatic rings. The van der Waals surface area contributed by atoms with Crippen molar-refractivity contribution in [3.63, 3.8) is 0 Å². The van der Waals surface area contributed by atoms with Crippen LogP contribution in [0.25, 0.3) is 6.08 Å². The summed E-state index contributed by atoms with van der Waals surface area (Å²) in [6, 6.07) is 0. The third-order valence-electron chi connectivity index (χ3n) is 4.50. The highest BCUT2D eigenvalue weighted by molar-refractivity contribution is 8.06. The molecule has 3 nitrogen and oxygen atoms in total. The molecule has 0 saturated carbocycles. The largest absolute Gasteiger partial charge is 0.342 e. The van der Waals surface area contributed by atoms with Gasteiger partial charge in [0, 0.05) is 38.5 Å². The first kappa shape index (κ1) is 18.4. The lowest BCUT2D eigenvalue weighted by atomic mass is 10.2. The molecule has 3 rings (SSSR count). The average Bonchev–Trinajstić information content (AvgIpc) is 3.18. The van der Waals surface area contributed by atoms with Crippen molar-refractivity contribution in [2.24, 2.45) is 7.05 Å². The molecule has 0 amide bonds. The van der Waals surface area contributed by atoms with Crippen LogP contribution >= 0.6 is 34.9 Å². The van der Waals surface area contributed by atoms with E-state index in [9.17, 15) is 0 Å². The summed E-state index contributed by atoms with van der Waals surface area (Å²) in [4.78, 5) is 4.48. The fraction of sp³-hybridized carbons (Fsp3) is 0.316. The zero-order valence-electron chi connectivity index (χ0n) is 15.5. The minimum Gasteiger partial charge on any atom is -0.342 e. The summed E-state index contributed by atoms with van der Waals surface area (Å²) in [5.41, 5.74) is 5.06. The predicted molar refractivity (Wildman–Crippen MR) is 113 cm³/mol. The smallest absolute Gasteiger partial charge is 0.262 e. The van der Waals surface area contributed by atoms with Crippen molar-refractivity contribution in [1.82, 2.24) is 9.80 Å². The molecule has 0 atom stereocenters. The van der Waals surface area contributed by atoms with Crippen molar-refractivity contribution in [1.29, 1.82) is 0 Å². The van der Waals surface area contributed by atoms with Crippen molar-refractivity contribution in [2.75, 3.05) is 14.1 Å². The Morgan fingerprint density at radius 2 is 1.48 bits per heavy atom. The van der Waals surface area contributed by atoms with Gasteiger partial charge in [0.2, 0.25) is 0 Å². The van der Waals surface area contributed by atoms with Gasteiger partial charge < -0.3 is 9.80 Å². The van der Waals surface area contributed by atoms with Crippen molar-refractivity contribution in [3.05, 3.63) is 66.1 Å². The molecule has 0 aromatic carbocycles. The number of allylic oxidation sites excluding steroid dienone is 5. The second kappa shape index (κ2) is 7.48. The standard InChI is InChI=1S/C19H24N3S3/c1-13-10-23-17(20(13)4)7-16(8-18-21(5)14(2)11-24-18)9-19-22(6)15(3)12-25-19/h7-12H,1-6H3/q+1. The average molecular weight is 391 g/mol. The third kappa shape index (κ3) is 3.91. The Balaban J connectivity index is 1.99. The second-order valence-electron chi connectivity index (χ2n) is 6.26. The fourth-order valence-electron chi connectivity index (χ4n) is 2.38. The number of hydrogen-bond donors (Lipinski definition) is 0. The Kier molecular flexibility index (Phi) is 5.51. The summed E-state index contributed by atoms with van der Waals surface area (Å²) in [5, 5.41) is 10.4. The number of thioether (sulfide) groups is 2. The van der Waals surface area contributed by atoms with E-state index >= 15 is 0 Å². The number of thiazole rings is 1. The molecule has 0 radical (unpaired) electrons. The van der Waals surface area contributed by atoms with E-state index in [1.54, 1.807) is 34.9 Å². The van der Waals surface area contributed by atoms with Crippen LogP contribution in [0.4, 0.5) is 0 Å². The minimum atomic E-state index is 1.22. The van der Waals surface area contributed by atoms with E-state index in [-0.39, 0.29) is 0 Å². The lowest BCUT2D eigenvalue weighted by molar-refractivity contribution is -0.674. The van der Waals surface area contributed by atoms with Gasteiger partial charge in [0.25, 0.3) is 5.01 Å². The molecule has 132 valence electrons. The lowest BCUT2D eigenvalue weighted by Crippen LogP contribution is -2.31. The van der Waals surface area contributed by atoms with Gasteiger partial charge in [-0.05, 0) is 42.4 Å². The molecule has 3 heterocycles. The molecule has 0 aliphatic carbocycles. The van der Waals surface area contributed by atoms with Gasteiger partial charge in [0.05, 0.1) is 15.4 Å². The highest BCUT2D eigenvalue weighted by atomic mass is 32.2. The molecule has 0 unspecified atom stereocenters. The maximum atomic E-state index is 2.28. The maximum absolute atomic E-state index is 2.28. The summed E-state index contributed by atoms with van der Waals surface area (Å²) in [6.45, 7) is 6.44. The first-order valence-corrected chi connectivity index (χ1v) is 10.7. The number of aryl methyl sites for hydroxylation is 1. The quantitative estimate of drug-likeness (QED) is 0.670. The molecule has 25 heavy (non-hydrogen) atoms. The molecule has 0 bridgehead atoms. The Labute approximate surface area is 163 Å². The Bertz CT molecular complexity index is 796. The zero-order chi connectivity index (χ0) is 18.1. The molecule has 0 saturated heterocycles. The van der Waals surface area contributed by atoms with E-state index in [1.165, 1.54) is 37.7 Å². The zero-order valence-corrected chi connectivity index (χ0v) is 18.0. The van der Waals surface area contributed by atoms with E-state index in [2.05, 4.69) is 90.7 Å². The molecule has 0 N–H and O–H groups in total. The number of hydrogen-bond acceptors (Lipinski definition) is 5. The highest BCUT2D eigenvalue weighted by Crippen LogP contribution is 2.36. The van der Waals surface area contributed by atoms with Gasteiger partial charge in [0.15, 0.2) is 5.69 Å². The van der Waals surface area contributed by atoms with Crippen molar-refractivity contribution in [2.45, 2.75) is 20.8 Å². The van der Waals surface area contributed by atoms with Crippen LogP contribution in [0.2, 0.25) is 0 Å². The van der Waals surface area contributed by atoms with Gasteiger partial charge >= 0.3 is 0 Å². The number of nitrogens with zero attached hydrogens (tertiary/aromatic N) is 3. The Morgan fingerprint density at radius 1 is 0.960 bits per heavy atom. The monoisotopic (exact) mass is 390 g/mol. The molecule has 0 spiro atoms. The number of aromatic nitrogens is 1. The van der Waals surface area contributed by atoms with E-state index in [4.69, 9.17) is 0 Å². The topological polar surface area (TPSA) is 10.4 Å². The molecule has 1 aromatic rings. The fourth-order valence-corrected chi connectivity index (χ4v) is 5.24. The Morgan fingerprint density at radius 3 is 1.84 bits per heavy atom. The van der Waals surface area contributed by atoms with E-state index < -0.39 is 0 Å². The molecule has 6 heteroatoms. The lowest BCUT2D eigenvalue weighted by Gasteiger charge is -2.16. The Hall–Kier alpha value is -1.37. The van der Waals surface area contributed by atoms with E-state index in [1.807, 2.05) is 0 Å². The molecule has 2 aliphatic heterocycles. The molecular weight excluding hydrogens is 366 g/mol. The van der Waals surface area contributed by atoms with E-state index in [0.717, 1.165) is 0 Å². The van der Waals surface area contributed by atoms with Crippen molar-refractivity contribution >= 4 is 40.9 Å². The summed E-state index contributed by atoms with van der Waals surface area (Å²) in [7, 11) is 6.37. The van der Waals surface area contributed by atoms with Crippen molar-refractivity contribution in [3.8, 4) is 0 Å². The molecular formula is C19H24N3S3+. The third-order valence-corrected chi connectivity index (χ3v) is 7.78. The van der Waals surface area contributed by atoms with Gasteiger partial charge in [-0.25, -0.2) is 0 Å². The molecule has 0 fully saturated rings.